The summed E-state index contributed by atoms with van der Waals surface area (Å²) in [4.78, 5) is 40.5. The Balaban J connectivity index is 1.26. The lowest BCUT2D eigenvalue weighted by Gasteiger charge is -2.32. The van der Waals surface area contributed by atoms with Crippen molar-refractivity contribution in [2.75, 3.05) is 0 Å². The van der Waals surface area contributed by atoms with Crippen LogP contribution in [-0.2, 0) is 38.7 Å². The Morgan fingerprint density at radius 2 is 1.26 bits per heavy atom. The molecule has 2 amide bonds. The number of rotatable bonds is 13. The lowest BCUT2D eigenvalue weighted by Crippen LogP contribution is -2.56. The molecule has 0 heterocycles. The fraction of sp³-hybridized carbons (Fsp3) is 0.289. The third-order valence-corrected chi connectivity index (χ3v) is 9.96. The molecule has 0 aliphatic heterocycles. The highest BCUT2D eigenvalue weighted by Crippen LogP contribution is 2.33. The molecule has 5 N–H and O–H groups in total. The van der Waals surface area contributed by atoms with E-state index in [9.17, 15) is 29.7 Å². The van der Waals surface area contributed by atoms with Gasteiger partial charge in [0, 0.05) is 27.4 Å². The highest BCUT2D eigenvalue weighted by Gasteiger charge is 2.43. The second-order valence-electron chi connectivity index (χ2n) is 12.4. The van der Waals surface area contributed by atoms with E-state index in [4.69, 9.17) is 9.47 Å². The first kappa shape index (κ1) is 36.1. The van der Waals surface area contributed by atoms with E-state index in [1.54, 1.807) is 72.8 Å². The van der Waals surface area contributed by atoms with Crippen molar-refractivity contribution in [3.05, 3.63) is 139 Å². The molecule has 0 fully saturated rings. The zero-order valence-electron chi connectivity index (χ0n) is 26.7. The van der Waals surface area contributed by atoms with Crippen LogP contribution >= 0.6 is 31.9 Å². The predicted molar refractivity (Wildman–Crippen MR) is 191 cm³/mol. The molecule has 2 aliphatic carbocycles. The number of benzene rings is 4. The van der Waals surface area contributed by atoms with Crippen molar-refractivity contribution < 1.29 is 39.2 Å². The Bertz CT molecular complexity index is 1870. The molecule has 10 nitrogen and oxygen atoms in total. The average Bonchev–Trinajstić information content (AvgIpc) is 3.59. The van der Waals surface area contributed by atoms with Crippen LogP contribution in [0.1, 0.15) is 56.7 Å². The van der Waals surface area contributed by atoms with Crippen LogP contribution in [0.3, 0.4) is 0 Å². The Labute approximate surface area is 306 Å². The third kappa shape index (κ3) is 8.24. The Hall–Kier alpha value is -3.75. The smallest absolute Gasteiger partial charge is 0.252 e. The van der Waals surface area contributed by atoms with Crippen molar-refractivity contribution in [2.45, 2.75) is 68.7 Å². The molecule has 0 saturated heterocycles. The summed E-state index contributed by atoms with van der Waals surface area (Å²) in [5, 5.41) is 39.9. The largest absolute Gasteiger partial charge is 0.390 e. The minimum atomic E-state index is -1.97. The molecular weight excluding hydrogens is 772 g/mol. The quantitative estimate of drug-likeness (QED) is 0.131. The normalized spacial score (nSPS) is 20.3. The molecular formula is C38H36Br2N2O8. The molecule has 0 saturated carbocycles. The lowest BCUT2D eigenvalue weighted by atomic mass is 9.99. The zero-order valence-corrected chi connectivity index (χ0v) is 29.9. The molecule has 260 valence electrons. The van der Waals surface area contributed by atoms with Gasteiger partial charge in [0.2, 0.25) is 0 Å². The molecule has 0 spiro atoms. The highest BCUT2D eigenvalue weighted by atomic mass is 79.9. The van der Waals surface area contributed by atoms with Gasteiger partial charge < -0.3 is 35.4 Å². The molecule has 2 aliphatic rings. The average molecular weight is 809 g/mol. The molecule has 0 unspecified atom stereocenters. The van der Waals surface area contributed by atoms with Crippen molar-refractivity contribution >= 4 is 49.5 Å². The maximum atomic E-state index is 13.9. The Morgan fingerprint density at radius 1 is 0.720 bits per heavy atom. The van der Waals surface area contributed by atoms with E-state index in [2.05, 4.69) is 42.5 Å². The SMILES string of the molecule is O=C1C[C@@H](NC(=O)[C@H](OCc2cccc(Br)c2)[C@H](O)[C@@H](O)[C@@H](OCc2cccc(Br)c2)C(=O)N[C@H]2c3ccccc3C[C@H]2O)c2ccccc21. The van der Waals surface area contributed by atoms with E-state index >= 15 is 0 Å². The summed E-state index contributed by atoms with van der Waals surface area (Å²) >= 11 is 6.84. The summed E-state index contributed by atoms with van der Waals surface area (Å²) in [7, 11) is 0. The minimum absolute atomic E-state index is 0.0219. The van der Waals surface area contributed by atoms with Gasteiger partial charge in [-0.25, -0.2) is 0 Å². The number of ketones is 1. The molecule has 12 heteroatoms. The summed E-state index contributed by atoms with van der Waals surface area (Å²) in [6.45, 7) is -0.246. The second kappa shape index (κ2) is 16.1. The first-order chi connectivity index (χ1) is 24.1. The maximum absolute atomic E-state index is 13.9. The first-order valence-electron chi connectivity index (χ1n) is 16.2. The van der Waals surface area contributed by atoms with Gasteiger partial charge in [-0.1, -0.05) is 105 Å². The summed E-state index contributed by atoms with van der Waals surface area (Å²) in [5.41, 5.74) is 4.09. The van der Waals surface area contributed by atoms with Crippen LogP contribution in [0.4, 0.5) is 0 Å². The first-order valence-corrected chi connectivity index (χ1v) is 17.7. The summed E-state index contributed by atoms with van der Waals surface area (Å²) in [6, 6.07) is 27.2. The fourth-order valence-electron chi connectivity index (χ4n) is 6.47. The van der Waals surface area contributed by atoms with Gasteiger partial charge in [-0.3, -0.25) is 14.4 Å². The summed E-state index contributed by atoms with van der Waals surface area (Å²) in [6.07, 6.45) is -7.88. The lowest BCUT2D eigenvalue weighted by molar-refractivity contribution is -0.171. The molecule has 0 aromatic heterocycles. The van der Waals surface area contributed by atoms with Crippen LogP contribution < -0.4 is 10.6 Å². The van der Waals surface area contributed by atoms with E-state index in [0.29, 0.717) is 28.7 Å². The fourth-order valence-corrected chi connectivity index (χ4v) is 7.36. The predicted octanol–water partition coefficient (Wildman–Crippen LogP) is 4.62. The molecule has 7 atom stereocenters. The van der Waals surface area contributed by atoms with Crippen molar-refractivity contribution in [3.8, 4) is 0 Å². The second-order valence-corrected chi connectivity index (χ2v) is 14.3. The van der Waals surface area contributed by atoms with Crippen molar-refractivity contribution in [1.29, 1.82) is 0 Å². The Kier molecular flexibility index (Phi) is 11.6. The maximum Gasteiger partial charge on any atom is 0.252 e. The number of carbonyl (C=O) groups is 3. The number of nitrogens with one attached hydrogen (secondary N) is 2. The molecule has 6 rings (SSSR count). The monoisotopic (exact) mass is 806 g/mol. The Morgan fingerprint density at radius 3 is 1.86 bits per heavy atom. The molecule has 4 aromatic rings. The molecule has 50 heavy (non-hydrogen) atoms. The number of Topliss-reactive ketones (excluding diaryl/α,β-unsaturated/α-hetero) is 1. The number of aliphatic hydroxyl groups excluding tert-OH is 3. The van der Waals surface area contributed by atoms with Gasteiger partial charge in [-0.2, -0.15) is 0 Å². The van der Waals surface area contributed by atoms with Gasteiger partial charge in [-0.05, 0) is 52.1 Å². The third-order valence-electron chi connectivity index (χ3n) is 8.97. The minimum Gasteiger partial charge on any atom is -0.390 e. The summed E-state index contributed by atoms with van der Waals surface area (Å²) in [5.74, 6) is -1.72. The van der Waals surface area contributed by atoms with Crippen molar-refractivity contribution in [3.63, 3.8) is 0 Å². The van der Waals surface area contributed by atoms with Gasteiger partial charge in [0.05, 0.1) is 31.4 Å². The molecule has 0 bridgehead atoms. The van der Waals surface area contributed by atoms with Gasteiger partial charge in [0.15, 0.2) is 18.0 Å². The molecule has 4 aromatic carbocycles. The van der Waals surface area contributed by atoms with Crippen LogP contribution in [0.2, 0.25) is 0 Å². The number of halogens is 2. The van der Waals surface area contributed by atoms with Crippen LogP contribution in [0.15, 0.2) is 106 Å². The van der Waals surface area contributed by atoms with Crippen molar-refractivity contribution in [1.82, 2.24) is 10.6 Å². The van der Waals surface area contributed by atoms with E-state index in [1.165, 1.54) is 0 Å². The van der Waals surface area contributed by atoms with E-state index in [1.807, 2.05) is 24.3 Å². The number of aliphatic hydroxyl groups is 3. The van der Waals surface area contributed by atoms with Crippen molar-refractivity contribution in [2.24, 2.45) is 0 Å². The number of hydrogen-bond acceptors (Lipinski definition) is 8. The standard InChI is InChI=1S/C38H36Br2N2O8/c39-24-10-5-7-21(15-24)19-49-35(37(47)41-29-18-30(43)28-14-4-3-13-27(28)29)33(45)34(46)36(50-20-22-8-6-11-25(40)16-22)38(48)42-32-26-12-2-1-9-23(26)17-31(32)44/h1-16,29,31-36,44-46H,17-20H2,(H,41,47)(H,42,48)/t29-,31-,32+,33-,34-,35-,36-/m1/s1. The van der Waals surface area contributed by atoms with Gasteiger partial charge in [-0.15, -0.1) is 0 Å². The topological polar surface area (TPSA) is 154 Å². The van der Waals surface area contributed by atoms with Crippen LogP contribution in [0.25, 0.3) is 0 Å². The van der Waals surface area contributed by atoms with Gasteiger partial charge in [0.25, 0.3) is 11.8 Å². The van der Waals surface area contributed by atoms with Gasteiger partial charge >= 0.3 is 0 Å². The van der Waals surface area contributed by atoms with E-state index in [0.717, 1.165) is 20.1 Å². The van der Waals surface area contributed by atoms with Crippen LogP contribution in [0, 0.1) is 0 Å². The van der Waals surface area contributed by atoms with E-state index < -0.39 is 54.4 Å². The van der Waals surface area contributed by atoms with Gasteiger partial charge in [0.1, 0.15) is 12.2 Å². The number of hydrogen-bond donors (Lipinski definition) is 5. The van der Waals surface area contributed by atoms with Crippen LogP contribution in [0.5, 0.6) is 0 Å². The summed E-state index contributed by atoms with van der Waals surface area (Å²) < 4.78 is 13.5. The van der Waals surface area contributed by atoms with E-state index in [-0.39, 0.29) is 25.4 Å². The zero-order chi connectivity index (χ0) is 35.4. The number of carbonyl (C=O) groups excluding carboxylic acids is 3. The van der Waals surface area contributed by atoms with Crippen LogP contribution in [-0.4, -0.2) is 63.4 Å². The molecule has 0 radical (unpaired) electrons. The number of fused-ring (bicyclic) bond motifs is 2. The number of ether oxygens (including phenoxy) is 2. The number of amides is 2. The highest BCUT2D eigenvalue weighted by molar-refractivity contribution is 9.10.